The molecule has 7 heteroatoms. The zero-order valence-corrected chi connectivity index (χ0v) is 13.9. The van der Waals surface area contributed by atoms with Crippen LogP contribution in [0.4, 0.5) is 13.2 Å². The summed E-state index contributed by atoms with van der Waals surface area (Å²) in [5, 5.41) is 2.84. The van der Waals surface area contributed by atoms with Crippen LogP contribution in [-0.4, -0.2) is 49.8 Å². The first-order valence-electron chi connectivity index (χ1n) is 7.99. The van der Waals surface area contributed by atoms with Crippen molar-refractivity contribution >= 4 is 5.91 Å². The van der Waals surface area contributed by atoms with Crippen LogP contribution in [-0.2, 0) is 11.2 Å². The SMILES string of the molecule is COc1ccccc1CCC(=O)NC1CCC(C(F)(F)F)N(C)C1. The molecule has 0 spiro atoms. The van der Waals surface area contributed by atoms with Gasteiger partial charge in [0.1, 0.15) is 11.8 Å². The molecule has 0 bridgehead atoms. The van der Waals surface area contributed by atoms with Crippen LogP contribution in [0.1, 0.15) is 24.8 Å². The van der Waals surface area contributed by atoms with Crippen LogP contribution in [0.3, 0.4) is 0 Å². The molecule has 1 aliphatic heterocycles. The number of methoxy groups -OCH3 is 1. The lowest BCUT2D eigenvalue weighted by molar-refractivity contribution is -0.188. The van der Waals surface area contributed by atoms with Gasteiger partial charge >= 0.3 is 6.18 Å². The summed E-state index contributed by atoms with van der Waals surface area (Å²) in [5.41, 5.74) is 0.938. The predicted molar refractivity (Wildman–Crippen MR) is 85.0 cm³/mol. The number of hydrogen-bond acceptors (Lipinski definition) is 3. The monoisotopic (exact) mass is 344 g/mol. The number of carbonyl (C=O) groups excluding carboxylic acids is 1. The molecular weight excluding hydrogens is 321 g/mol. The standard InChI is InChI=1S/C17H23F3N2O2/c1-22-11-13(8-9-15(22)17(18,19)20)21-16(23)10-7-12-5-3-4-6-14(12)24-2/h3-6,13,15H,7-11H2,1-2H3,(H,21,23). The van der Waals surface area contributed by atoms with E-state index in [4.69, 9.17) is 4.74 Å². The number of carbonyl (C=O) groups is 1. The number of ether oxygens (including phenoxy) is 1. The minimum Gasteiger partial charge on any atom is -0.496 e. The number of likely N-dealkylation sites (N-methyl/N-ethyl adjacent to an activating group) is 1. The van der Waals surface area contributed by atoms with Gasteiger partial charge in [-0.2, -0.15) is 13.2 Å². The van der Waals surface area contributed by atoms with Crippen molar-refractivity contribution in [2.24, 2.45) is 0 Å². The molecule has 2 rings (SSSR count). The Morgan fingerprint density at radius 2 is 2.04 bits per heavy atom. The van der Waals surface area contributed by atoms with Crippen LogP contribution >= 0.6 is 0 Å². The summed E-state index contributed by atoms with van der Waals surface area (Å²) in [6, 6.07) is 5.81. The van der Waals surface area contributed by atoms with E-state index in [9.17, 15) is 18.0 Å². The third kappa shape index (κ3) is 4.87. The first-order valence-corrected chi connectivity index (χ1v) is 7.99. The van der Waals surface area contributed by atoms with Crippen LogP contribution in [0.2, 0.25) is 0 Å². The van der Waals surface area contributed by atoms with E-state index in [1.807, 2.05) is 24.3 Å². The number of amides is 1. The molecule has 1 N–H and O–H groups in total. The van der Waals surface area contributed by atoms with E-state index in [-0.39, 0.29) is 31.3 Å². The van der Waals surface area contributed by atoms with E-state index in [2.05, 4.69) is 5.32 Å². The van der Waals surface area contributed by atoms with Crippen molar-refractivity contribution in [2.45, 2.75) is 43.9 Å². The maximum absolute atomic E-state index is 12.8. The number of alkyl halides is 3. The molecule has 1 amide bonds. The lowest BCUT2D eigenvalue weighted by Crippen LogP contribution is -2.54. The van der Waals surface area contributed by atoms with Gasteiger partial charge in [0.15, 0.2) is 0 Å². The Morgan fingerprint density at radius 1 is 1.33 bits per heavy atom. The average molecular weight is 344 g/mol. The molecule has 24 heavy (non-hydrogen) atoms. The predicted octanol–water partition coefficient (Wildman–Crippen LogP) is 2.77. The van der Waals surface area contributed by atoms with Gasteiger partial charge in [0.2, 0.25) is 5.91 Å². The third-order valence-electron chi connectivity index (χ3n) is 4.39. The summed E-state index contributed by atoms with van der Waals surface area (Å²) in [6.45, 7) is 0.213. The number of hydrogen-bond donors (Lipinski definition) is 1. The van der Waals surface area contributed by atoms with E-state index < -0.39 is 12.2 Å². The Kier molecular flexibility index (Phi) is 6.10. The molecule has 2 atom stereocenters. The van der Waals surface area contributed by atoms with Crippen LogP contribution in [0.5, 0.6) is 5.75 Å². The third-order valence-corrected chi connectivity index (χ3v) is 4.39. The Bertz CT molecular complexity index is 563. The smallest absolute Gasteiger partial charge is 0.404 e. The average Bonchev–Trinajstić information content (AvgIpc) is 2.52. The lowest BCUT2D eigenvalue weighted by atomic mass is 9.98. The molecule has 1 aromatic carbocycles. The zero-order chi connectivity index (χ0) is 17.7. The summed E-state index contributed by atoms with van der Waals surface area (Å²) in [7, 11) is 3.03. The molecule has 0 saturated carbocycles. The summed E-state index contributed by atoms with van der Waals surface area (Å²) in [4.78, 5) is 13.3. The van der Waals surface area contributed by atoms with Crippen LogP contribution in [0, 0.1) is 0 Å². The number of benzene rings is 1. The highest BCUT2D eigenvalue weighted by molar-refractivity contribution is 5.76. The quantitative estimate of drug-likeness (QED) is 0.893. The Labute approximate surface area is 140 Å². The maximum atomic E-state index is 12.8. The molecule has 0 radical (unpaired) electrons. The second kappa shape index (κ2) is 7.88. The fourth-order valence-electron chi connectivity index (χ4n) is 3.13. The van der Waals surface area contributed by atoms with Crippen molar-refractivity contribution in [3.8, 4) is 5.75 Å². The minimum absolute atomic E-state index is 0.0114. The largest absolute Gasteiger partial charge is 0.496 e. The molecule has 4 nitrogen and oxygen atoms in total. The lowest BCUT2D eigenvalue weighted by Gasteiger charge is -2.38. The Morgan fingerprint density at radius 3 is 2.67 bits per heavy atom. The van der Waals surface area contributed by atoms with E-state index in [0.29, 0.717) is 12.8 Å². The molecule has 2 unspecified atom stereocenters. The number of aryl methyl sites for hydroxylation is 1. The summed E-state index contributed by atoms with van der Waals surface area (Å²) in [5.74, 6) is 0.584. The number of nitrogens with one attached hydrogen (secondary N) is 1. The van der Waals surface area contributed by atoms with Crippen molar-refractivity contribution in [2.75, 3.05) is 20.7 Å². The van der Waals surface area contributed by atoms with Crippen molar-refractivity contribution in [3.05, 3.63) is 29.8 Å². The topological polar surface area (TPSA) is 41.6 Å². The van der Waals surface area contributed by atoms with Crippen molar-refractivity contribution in [3.63, 3.8) is 0 Å². The molecule has 0 aliphatic carbocycles. The summed E-state index contributed by atoms with van der Waals surface area (Å²) in [6.07, 6.45) is -3.05. The summed E-state index contributed by atoms with van der Waals surface area (Å²) < 4.78 is 43.7. The molecule has 1 fully saturated rings. The van der Waals surface area contributed by atoms with Crippen LogP contribution in [0.25, 0.3) is 0 Å². The number of piperidine rings is 1. The zero-order valence-electron chi connectivity index (χ0n) is 13.9. The van der Waals surface area contributed by atoms with Gasteiger partial charge in [-0.1, -0.05) is 18.2 Å². The normalized spacial score (nSPS) is 22.2. The Hall–Kier alpha value is -1.76. The molecule has 1 saturated heterocycles. The van der Waals surface area contributed by atoms with Gasteiger partial charge in [-0.15, -0.1) is 0 Å². The second-order valence-corrected chi connectivity index (χ2v) is 6.15. The van der Waals surface area contributed by atoms with E-state index >= 15 is 0 Å². The van der Waals surface area contributed by atoms with Gasteiger partial charge in [0, 0.05) is 19.0 Å². The molecule has 1 aliphatic rings. The Balaban J connectivity index is 1.81. The second-order valence-electron chi connectivity index (χ2n) is 6.15. The van der Waals surface area contributed by atoms with Gasteiger partial charge in [-0.25, -0.2) is 0 Å². The fraction of sp³-hybridized carbons (Fsp3) is 0.588. The van der Waals surface area contributed by atoms with E-state index in [0.717, 1.165) is 11.3 Å². The fourth-order valence-corrected chi connectivity index (χ4v) is 3.13. The number of likely N-dealkylation sites (tertiary alicyclic amines) is 1. The molecule has 0 aromatic heterocycles. The van der Waals surface area contributed by atoms with E-state index in [1.165, 1.54) is 11.9 Å². The minimum atomic E-state index is -4.21. The molecule has 134 valence electrons. The van der Waals surface area contributed by atoms with Crippen LogP contribution < -0.4 is 10.1 Å². The first-order chi connectivity index (χ1) is 11.3. The van der Waals surface area contributed by atoms with Crippen molar-refractivity contribution in [1.29, 1.82) is 0 Å². The molecular formula is C17H23F3N2O2. The number of rotatable bonds is 5. The molecule has 1 heterocycles. The van der Waals surface area contributed by atoms with Crippen LogP contribution in [0.15, 0.2) is 24.3 Å². The van der Waals surface area contributed by atoms with Gasteiger partial charge in [0.25, 0.3) is 0 Å². The highest BCUT2D eigenvalue weighted by Crippen LogP contribution is 2.30. The number of nitrogens with zero attached hydrogens (tertiary/aromatic N) is 1. The molecule has 1 aromatic rings. The summed E-state index contributed by atoms with van der Waals surface area (Å²) >= 11 is 0. The van der Waals surface area contributed by atoms with Crippen molar-refractivity contribution in [1.82, 2.24) is 10.2 Å². The van der Waals surface area contributed by atoms with Gasteiger partial charge < -0.3 is 10.1 Å². The number of halogens is 3. The van der Waals surface area contributed by atoms with E-state index in [1.54, 1.807) is 7.11 Å². The first kappa shape index (κ1) is 18.6. The van der Waals surface area contributed by atoms with Gasteiger partial charge in [0.05, 0.1) is 7.11 Å². The van der Waals surface area contributed by atoms with Crippen molar-refractivity contribution < 1.29 is 22.7 Å². The highest BCUT2D eigenvalue weighted by atomic mass is 19.4. The van der Waals surface area contributed by atoms with Gasteiger partial charge in [-0.3, -0.25) is 9.69 Å². The maximum Gasteiger partial charge on any atom is 0.404 e. The number of para-hydroxylation sites is 1. The highest BCUT2D eigenvalue weighted by Gasteiger charge is 2.44. The van der Waals surface area contributed by atoms with Gasteiger partial charge in [-0.05, 0) is 37.9 Å².